The Labute approximate surface area is 102 Å². The van der Waals surface area contributed by atoms with Gasteiger partial charge in [0, 0.05) is 0 Å². The Bertz CT molecular complexity index is 444. The predicted molar refractivity (Wildman–Crippen MR) is 58.3 cm³/mol. The molecule has 4 nitrogen and oxygen atoms in total. The predicted octanol–water partition coefficient (Wildman–Crippen LogP) is 2.92. The number of ether oxygens (including phenoxy) is 2. The molecule has 0 bridgehead atoms. The Balaban J connectivity index is 2.23. The van der Waals surface area contributed by atoms with E-state index in [0.717, 1.165) is 19.3 Å². The molecular formula is C12H12F2O4. The van der Waals surface area contributed by atoms with Crippen molar-refractivity contribution < 1.29 is 28.2 Å². The molecule has 0 amide bonds. The number of benzene rings is 1. The van der Waals surface area contributed by atoms with Gasteiger partial charge in [-0.1, -0.05) is 0 Å². The van der Waals surface area contributed by atoms with E-state index in [-0.39, 0.29) is 23.2 Å². The lowest BCUT2D eigenvalue weighted by molar-refractivity contribution is -0.0526. The summed E-state index contributed by atoms with van der Waals surface area (Å²) in [5, 5.41) is 8.84. The van der Waals surface area contributed by atoms with Gasteiger partial charge in [-0.15, -0.1) is 0 Å². The SMILES string of the molecule is O=C(O)c1ccc(OC(F)F)c(OC2CCC2)c1. The summed E-state index contributed by atoms with van der Waals surface area (Å²) in [5.41, 5.74) is -0.0223. The van der Waals surface area contributed by atoms with Crippen molar-refractivity contribution >= 4 is 5.97 Å². The van der Waals surface area contributed by atoms with Gasteiger partial charge in [0.2, 0.25) is 0 Å². The van der Waals surface area contributed by atoms with Crippen LogP contribution in [-0.4, -0.2) is 23.8 Å². The Hall–Kier alpha value is -1.85. The van der Waals surface area contributed by atoms with Crippen molar-refractivity contribution in [2.75, 3.05) is 0 Å². The molecule has 1 aliphatic carbocycles. The van der Waals surface area contributed by atoms with E-state index < -0.39 is 12.6 Å². The summed E-state index contributed by atoms with van der Waals surface area (Å²) >= 11 is 0. The zero-order valence-electron chi connectivity index (χ0n) is 9.44. The van der Waals surface area contributed by atoms with Crippen LogP contribution in [0.25, 0.3) is 0 Å². The molecule has 1 aromatic carbocycles. The maximum Gasteiger partial charge on any atom is 0.387 e. The van der Waals surface area contributed by atoms with E-state index in [1.807, 2.05) is 0 Å². The summed E-state index contributed by atoms with van der Waals surface area (Å²) in [6, 6.07) is 3.59. The minimum absolute atomic E-state index is 0.0223. The highest BCUT2D eigenvalue weighted by Crippen LogP contribution is 2.34. The van der Waals surface area contributed by atoms with Gasteiger partial charge in [0.1, 0.15) is 0 Å². The normalized spacial score (nSPS) is 15.3. The average molecular weight is 258 g/mol. The first kappa shape index (κ1) is 12.6. The third-order valence-corrected chi connectivity index (χ3v) is 2.75. The average Bonchev–Trinajstić information content (AvgIpc) is 2.24. The maximum absolute atomic E-state index is 12.2. The van der Waals surface area contributed by atoms with Crippen molar-refractivity contribution in [2.24, 2.45) is 0 Å². The smallest absolute Gasteiger partial charge is 0.387 e. The van der Waals surface area contributed by atoms with Crippen LogP contribution in [0.1, 0.15) is 29.6 Å². The van der Waals surface area contributed by atoms with Crippen LogP contribution in [0.4, 0.5) is 8.78 Å². The summed E-state index contributed by atoms with van der Waals surface area (Å²) in [6.07, 6.45) is 2.65. The highest BCUT2D eigenvalue weighted by atomic mass is 19.3. The standard InChI is InChI=1S/C12H12F2O4/c13-12(14)18-9-5-4-7(11(15)16)6-10(9)17-8-2-1-3-8/h4-6,8,12H,1-3H2,(H,15,16). The summed E-state index contributed by atoms with van der Waals surface area (Å²) in [5.74, 6) is -1.22. The molecule has 6 heteroatoms. The Morgan fingerprint density at radius 1 is 1.33 bits per heavy atom. The molecule has 0 heterocycles. The van der Waals surface area contributed by atoms with Crippen LogP contribution in [0.2, 0.25) is 0 Å². The molecule has 0 radical (unpaired) electrons. The zero-order valence-corrected chi connectivity index (χ0v) is 9.44. The van der Waals surface area contributed by atoms with Crippen molar-refractivity contribution in [3.05, 3.63) is 23.8 Å². The lowest BCUT2D eigenvalue weighted by atomic mass is 9.96. The number of hydrogen-bond donors (Lipinski definition) is 1. The minimum Gasteiger partial charge on any atom is -0.487 e. The van der Waals surface area contributed by atoms with E-state index >= 15 is 0 Å². The molecule has 2 rings (SSSR count). The van der Waals surface area contributed by atoms with E-state index in [2.05, 4.69) is 4.74 Å². The van der Waals surface area contributed by atoms with Crippen LogP contribution in [0.5, 0.6) is 11.5 Å². The molecule has 98 valence electrons. The summed E-state index contributed by atoms with van der Waals surface area (Å²) in [6.45, 7) is -2.97. The van der Waals surface area contributed by atoms with E-state index in [1.165, 1.54) is 18.2 Å². The second-order valence-corrected chi connectivity index (χ2v) is 4.02. The topological polar surface area (TPSA) is 55.8 Å². The number of halogens is 2. The number of hydrogen-bond acceptors (Lipinski definition) is 3. The van der Waals surface area contributed by atoms with Crippen LogP contribution in [-0.2, 0) is 0 Å². The first-order valence-corrected chi connectivity index (χ1v) is 5.55. The van der Waals surface area contributed by atoms with Gasteiger partial charge in [-0.2, -0.15) is 8.78 Å². The van der Waals surface area contributed by atoms with Crippen LogP contribution in [0.3, 0.4) is 0 Å². The Kier molecular flexibility index (Phi) is 3.64. The first-order valence-electron chi connectivity index (χ1n) is 5.55. The summed E-state index contributed by atoms with van der Waals surface area (Å²) in [7, 11) is 0. The molecule has 1 aliphatic rings. The third kappa shape index (κ3) is 2.88. The lowest BCUT2D eigenvalue weighted by Gasteiger charge is -2.27. The molecule has 1 saturated carbocycles. The maximum atomic E-state index is 12.2. The van der Waals surface area contributed by atoms with Gasteiger partial charge in [-0.25, -0.2) is 4.79 Å². The fraction of sp³-hybridized carbons (Fsp3) is 0.417. The largest absolute Gasteiger partial charge is 0.487 e. The van der Waals surface area contributed by atoms with Crippen LogP contribution in [0.15, 0.2) is 18.2 Å². The monoisotopic (exact) mass is 258 g/mol. The van der Waals surface area contributed by atoms with Crippen molar-refractivity contribution in [1.29, 1.82) is 0 Å². The molecule has 1 fully saturated rings. The molecule has 0 unspecified atom stereocenters. The van der Waals surface area contributed by atoms with Crippen LogP contribution < -0.4 is 9.47 Å². The van der Waals surface area contributed by atoms with Crippen LogP contribution >= 0.6 is 0 Å². The highest BCUT2D eigenvalue weighted by Gasteiger charge is 2.22. The van der Waals surface area contributed by atoms with E-state index in [9.17, 15) is 13.6 Å². The molecule has 0 spiro atoms. The second kappa shape index (κ2) is 5.20. The Morgan fingerprint density at radius 3 is 2.56 bits per heavy atom. The molecule has 18 heavy (non-hydrogen) atoms. The van der Waals surface area contributed by atoms with Gasteiger partial charge >= 0.3 is 12.6 Å². The highest BCUT2D eigenvalue weighted by molar-refractivity contribution is 5.88. The Morgan fingerprint density at radius 2 is 2.06 bits per heavy atom. The number of carboxylic acids is 1. The molecular weight excluding hydrogens is 246 g/mol. The fourth-order valence-electron chi connectivity index (χ4n) is 1.59. The zero-order chi connectivity index (χ0) is 13.1. The van der Waals surface area contributed by atoms with Crippen molar-refractivity contribution in [2.45, 2.75) is 32.0 Å². The molecule has 1 N–H and O–H groups in total. The van der Waals surface area contributed by atoms with Crippen LogP contribution in [0, 0.1) is 0 Å². The number of alkyl halides is 2. The summed E-state index contributed by atoms with van der Waals surface area (Å²) in [4.78, 5) is 10.8. The van der Waals surface area contributed by atoms with E-state index in [4.69, 9.17) is 9.84 Å². The molecule has 0 saturated heterocycles. The van der Waals surface area contributed by atoms with Crippen molar-refractivity contribution in [3.8, 4) is 11.5 Å². The number of aromatic carboxylic acids is 1. The fourth-order valence-corrected chi connectivity index (χ4v) is 1.59. The van der Waals surface area contributed by atoms with Crippen molar-refractivity contribution in [1.82, 2.24) is 0 Å². The number of rotatable bonds is 5. The number of carboxylic acid groups (broad SMARTS) is 1. The van der Waals surface area contributed by atoms with Gasteiger partial charge in [0.25, 0.3) is 0 Å². The van der Waals surface area contributed by atoms with Crippen molar-refractivity contribution in [3.63, 3.8) is 0 Å². The molecule has 0 aliphatic heterocycles. The van der Waals surface area contributed by atoms with E-state index in [1.54, 1.807) is 0 Å². The van der Waals surface area contributed by atoms with Gasteiger partial charge in [0.15, 0.2) is 11.5 Å². The third-order valence-electron chi connectivity index (χ3n) is 2.75. The number of carbonyl (C=O) groups is 1. The van der Waals surface area contributed by atoms with Gasteiger partial charge in [-0.3, -0.25) is 0 Å². The summed E-state index contributed by atoms with van der Waals surface area (Å²) < 4.78 is 34.1. The molecule has 0 atom stereocenters. The first-order chi connectivity index (χ1) is 8.56. The lowest BCUT2D eigenvalue weighted by Crippen LogP contribution is -2.25. The van der Waals surface area contributed by atoms with Gasteiger partial charge in [-0.05, 0) is 37.5 Å². The van der Waals surface area contributed by atoms with Gasteiger partial charge in [0.05, 0.1) is 11.7 Å². The molecule has 0 aromatic heterocycles. The molecule has 1 aromatic rings. The quantitative estimate of drug-likeness (QED) is 0.882. The second-order valence-electron chi connectivity index (χ2n) is 4.02. The van der Waals surface area contributed by atoms with Gasteiger partial charge < -0.3 is 14.6 Å². The van der Waals surface area contributed by atoms with E-state index in [0.29, 0.717) is 0 Å². The minimum atomic E-state index is -2.97.